The van der Waals surface area contributed by atoms with Gasteiger partial charge in [0, 0.05) is 39.6 Å². The second kappa shape index (κ2) is 7.23. The molecule has 0 aliphatic carbocycles. The highest BCUT2D eigenvalue weighted by Gasteiger charge is 2.49. The number of hydrogen-bond donors (Lipinski definition) is 1. The van der Waals surface area contributed by atoms with Crippen molar-refractivity contribution in [2.75, 3.05) is 32.7 Å². The van der Waals surface area contributed by atoms with Crippen LogP contribution in [0.15, 0.2) is 18.2 Å². The lowest BCUT2D eigenvalue weighted by atomic mass is 9.83. The Bertz CT molecular complexity index is 703. The zero-order chi connectivity index (χ0) is 18.9. The van der Waals surface area contributed by atoms with E-state index in [1.807, 2.05) is 6.92 Å². The number of hydrogen-bond acceptors (Lipinski definition) is 3. The van der Waals surface area contributed by atoms with Gasteiger partial charge in [0.05, 0.1) is 0 Å². The van der Waals surface area contributed by atoms with Gasteiger partial charge in [0.2, 0.25) is 5.91 Å². The van der Waals surface area contributed by atoms with Crippen LogP contribution in [0.2, 0.25) is 0 Å². The van der Waals surface area contributed by atoms with Gasteiger partial charge in [-0.05, 0) is 49.4 Å². The maximum atomic E-state index is 13.7. The van der Waals surface area contributed by atoms with Crippen molar-refractivity contribution in [2.24, 2.45) is 0 Å². The molecule has 1 atom stereocenters. The van der Waals surface area contributed by atoms with Crippen LogP contribution in [0.4, 0.5) is 9.18 Å². The Hall–Kier alpha value is -2.15. The molecule has 2 aliphatic rings. The summed E-state index contributed by atoms with van der Waals surface area (Å²) in [5, 5.41) is 9.91. The van der Waals surface area contributed by atoms with Gasteiger partial charge < -0.3 is 10.0 Å². The van der Waals surface area contributed by atoms with Gasteiger partial charge in [-0.25, -0.2) is 9.18 Å². The van der Waals surface area contributed by atoms with Crippen molar-refractivity contribution in [1.82, 2.24) is 14.7 Å². The van der Waals surface area contributed by atoms with Gasteiger partial charge in [-0.2, -0.15) is 0 Å². The number of aryl methyl sites for hydroxylation is 1. The van der Waals surface area contributed by atoms with Crippen LogP contribution in [0.5, 0.6) is 0 Å². The predicted molar refractivity (Wildman–Crippen MR) is 95.2 cm³/mol. The summed E-state index contributed by atoms with van der Waals surface area (Å²) in [6, 6.07) is 4.60. The fourth-order valence-corrected chi connectivity index (χ4v) is 4.46. The number of likely N-dealkylation sites (tertiary alicyclic amines) is 1. The first-order valence-electron chi connectivity index (χ1n) is 9.14. The van der Waals surface area contributed by atoms with Gasteiger partial charge in [0.15, 0.2) is 0 Å². The van der Waals surface area contributed by atoms with E-state index in [1.54, 1.807) is 17.9 Å². The summed E-state index contributed by atoms with van der Waals surface area (Å²) >= 11 is 0. The SMILES string of the molecule is CC(=O)N1CCN([C@]2(c3ccc(F)cc3C)CCCCN2C(=O)O)CC1. The molecule has 142 valence electrons. The Morgan fingerprint density at radius 2 is 1.81 bits per heavy atom. The first-order chi connectivity index (χ1) is 12.4. The topological polar surface area (TPSA) is 64.1 Å². The molecule has 2 heterocycles. The van der Waals surface area contributed by atoms with Crippen LogP contribution in [0, 0.1) is 12.7 Å². The third kappa shape index (κ3) is 3.16. The molecule has 2 saturated heterocycles. The number of benzene rings is 1. The molecule has 0 aromatic heterocycles. The minimum absolute atomic E-state index is 0.0374. The molecule has 1 aromatic carbocycles. The average Bonchev–Trinajstić information content (AvgIpc) is 2.61. The number of carboxylic acid groups (broad SMARTS) is 1. The normalized spacial score (nSPS) is 24.6. The molecule has 2 amide bonds. The average molecular weight is 363 g/mol. The molecule has 2 fully saturated rings. The number of piperidine rings is 1. The summed E-state index contributed by atoms with van der Waals surface area (Å²) in [6.45, 7) is 6.19. The van der Waals surface area contributed by atoms with Gasteiger partial charge in [-0.15, -0.1) is 0 Å². The van der Waals surface area contributed by atoms with Gasteiger partial charge >= 0.3 is 6.09 Å². The quantitative estimate of drug-likeness (QED) is 0.877. The van der Waals surface area contributed by atoms with E-state index >= 15 is 0 Å². The lowest BCUT2D eigenvalue weighted by molar-refractivity contribution is -0.136. The second-order valence-corrected chi connectivity index (χ2v) is 7.16. The van der Waals surface area contributed by atoms with Crippen molar-refractivity contribution in [3.8, 4) is 0 Å². The minimum Gasteiger partial charge on any atom is -0.465 e. The third-order valence-electron chi connectivity index (χ3n) is 5.70. The standard InChI is InChI=1S/C19H26FN3O3/c1-14-13-16(20)5-6-17(14)19(7-3-4-8-23(19)18(25)26)22-11-9-21(10-12-22)15(2)24/h5-6,13H,3-4,7-12H2,1-2H3,(H,25,26)/t19-/m1/s1. The summed E-state index contributed by atoms with van der Waals surface area (Å²) in [7, 11) is 0. The van der Waals surface area contributed by atoms with E-state index < -0.39 is 11.8 Å². The first kappa shape index (κ1) is 18.6. The third-order valence-corrected chi connectivity index (χ3v) is 5.70. The lowest BCUT2D eigenvalue weighted by Gasteiger charge is -2.55. The maximum absolute atomic E-state index is 13.7. The second-order valence-electron chi connectivity index (χ2n) is 7.16. The van der Waals surface area contributed by atoms with Crippen molar-refractivity contribution in [1.29, 1.82) is 0 Å². The van der Waals surface area contributed by atoms with Crippen LogP contribution in [0.3, 0.4) is 0 Å². The summed E-state index contributed by atoms with van der Waals surface area (Å²) in [6.07, 6.45) is 1.45. The summed E-state index contributed by atoms with van der Waals surface area (Å²) in [5.74, 6) is -0.282. The molecular formula is C19H26FN3O3. The van der Waals surface area contributed by atoms with Crippen molar-refractivity contribution in [2.45, 2.75) is 38.8 Å². The molecule has 0 spiro atoms. The fraction of sp³-hybridized carbons (Fsp3) is 0.579. The first-order valence-corrected chi connectivity index (χ1v) is 9.14. The van der Waals surface area contributed by atoms with Gasteiger partial charge in [-0.3, -0.25) is 14.6 Å². The molecule has 1 aromatic rings. The van der Waals surface area contributed by atoms with Crippen LogP contribution in [0.25, 0.3) is 0 Å². The van der Waals surface area contributed by atoms with Crippen molar-refractivity contribution < 1.29 is 19.1 Å². The van der Waals surface area contributed by atoms with Crippen molar-refractivity contribution in [3.63, 3.8) is 0 Å². The van der Waals surface area contributed by atoms with Crippen LogP contribution in [0.1, 0.15) is 37.3 Å². The van der Waals surface area contributed by atoms with E-state index in [2.05, 4.69) is 4.90 Å². The van der Waals surface area contributed by atoms with Crippen LogP contribution < -0.4 is 0 Å². The molecule has 26 heavy (non-hydrogen) atoms. The number of rotatable bonds is 2. The van der Waals surface area contributed by atoms with Crippen LogP contribution in [-0.2, 0) is 10.5 Å². The lowest BCUT2D eigenvalue weighted by Crippen LogP contribution is -2.65. The van der Waals surface area contributed by atoms with Gasteiger partial charge in [-0.1, -0.05) is 6.07 Å². The Labute approximate surface area is 153 Å². The maximum Gasteiger partial charge on any atom is 0.409 e. The monoisotopic (exact) mass is 363 g/mol. The van der Waals surface area contributed by atoms with E-state index in [4.69, 9.17) is 0 Å². The number of carbonyl (C=O) groups is 2. The highest BCUT2D eigenvalue weighted by molar-refractivity contribution is 5.73. The van der Waals surface area contributed by atoms with Crippen LogP contribution >= 0.6 is 0 Å². The molecule has 0 saturated carbocycles. The van der Waals surface area contributed by atoms with E-state index in [0.29, 0.717) is 39.1 Å². The highest BCUT2D eigenvalue weighted by Crippen LogP contribution is 2.42. The zero-order valence-corrected chi connectivity index (χ0v) is 15.4. The Morgan fingerprint density at radius 1 is 1.12 bits per heavy atom. The van der Waals surface area contributed by atoms with E-state index in [9.17, 15) is 19.1 Å². The Morgan fingerprint density at radius 3 is 2.38 bits per heavy atom. The number of halogens is 1. The van der Waals surface area contributed by atoms with Crippen molar-refractivity contribution >= 4 is 12.0 Å². The predicted octanol–water partition coefficient (Wildman–Crippen LogP) is 2.61. The smallest absolute Gasteiger partial charge is 0.409 e. The van der Waals surface area contributed by atoms with E-state index in [1.165, 1.54) is 17.0 Å². The summed E-state index contributed by atoms with van der Waals surface area (Å²) in [4.78, 5) is 29.2. The largest absolute Gasteiger partial charge is 0.465 e. The van der Waals surface area contributed by atoms with Crippen LogP contribution in [-0.4, -0.2) is 64.5 Å². The minimum atomic E-state index is -0.956. The van der Waals surface area contributed by atoms with Crippen molar-refractivity contribution in [3.05, 3.63) is 35.1 Å². The number of nitrogens with zero attached hydrogens (tertiary/aromatic N) is 3. The van der Waals surface area contributed by atoms with Gasteiger partial charge in [0.1, 0.15) is 11.5 Å². The fourth-order valence-electron chi connectivity index (χ4n) is 4.46. The molecule has 2 aliphatic heterocycles. The summed E-state index contributed by atoms with van der Waals surface area (Å²) < 4.78 is 13.7. The Balaban J connectivity index is 2.05. The molecule has 1 N–H and O–H groups in total. The molecule has 6 nitrogen and oxygen atoms in total. The molecule has 0 bridgehead atoms. The number of amides is 2. The number of carbonyl (C=O) groups excluding carboxylic acids is 1. The molecule has 0 radical (unpaired) electrons. The summed E-state index contributed by atoms with van der Waals surface area (Å²) in [5.41, 5.74) is 0.800. The number of piperazine rings is 1. The Kier molecular flexibility index (Phi) is 5.18. The molecule has 7 heteroatoms. The van der Waals surface area contributed by atoms with E-state index in [0.717, 1.165) is 24.0 Å². The zero-order valence-electron chi connectivity index (χ0n) is 15.4. The molecule has 3 rings (SSSR count). The molecule has 0 unspecified atom stereocenters. The molecular weight excluding hydrogens is 337 g/mol. The van der Waals surface area contributed by atoms with Gasteiger partial charge in [0.25, 0.3) is 0 Å². The van der Waals surface area contributed by atoms with E-state index in [-0.39, 0.29) is 11.7 Å². The highest BCUT2D eigenvalue weighted by atomic mass is 19.1.